The van der Waals surface area contributed by atoms with Crippen molar-refractivity contribution in [2.45, 2.75) is 5.41 Å². The van der Waals surface area contributed by atoms with Gasteiger partial charge >= 0.3 is 0 Å². The number of hydrogen-bond donors (Lipinski definition) is 0. The fourth-order valence-corrected chi connectivity index (χ4v) is 10.5. The molecule has 0 N–H and O–H groups in total. The molecule has 55 heavy (non-hydrogen) atoms. The van der Waals surface area contributed by atoms with Gasteiger partial charge in [-0.3, -0.25) is 0 Å². The van der Waals surface area contributed by atoms with E-state index in [-0.39, 0.29) is 0 Å². The maximum atomic E-state index is 2.55. The van der Waals surface area contributed by atoms with Crippen molar-refractivity contribution in [1.29, 1.82) is 0 Å². The molecule has 1 heterocycles. The zero-order chi connectivity index (χ0) is 36.3. The molecule has 0 radical (unpaired) electrons. The van der Waals surface area contributed by atoms with Crippen molar-refractivity contribution in [3.8, 4) is 22.3 Å². The molecule has 1 aliphatic carbocycles. The van der Waals surface area contributed by atoms with Gasteiger partial charge < -0.3 is 4.90 Å². The van der Waals surface area contributed by atoms with Gasteiger partial charge in [-0.1, -0.05) is 188 Å². The van der Waals surface area contributed by atoms with Crippen molar-refractivity contribution in [3.63, 3.8) is 0 Å². The quantitative estimate of drug-likeness (QED) is 0.166. The van der Waals surface area contributed by atoms with E-state index < -0.39 is 5.41 Å². The van der Waals surface area contributed by atoms with Crippen LogP contribution >= 0.6 is 11.3 Å². The van der Waals surface area contributed by atoms with Crippen LogP contribution in [0.1, 0.15) is 22.3 Å². The zero-order valence-corrected chi connectivity index (χ0v) is 30.9. The van der Waals surface area contributed by atoms with Crippen LogP contribution in [0, 0.1) is 0 Å². The molecule has 2 heteroatoms. The van der Waals surface area contributed by atoms with Gasteiger partial charge in [0.25, 0.3) is 0 Å². The van der Waals surface area contributed by atoms with Crippen molar-refractivity contribution in [3.05, 3.63) is 235 Å². The highest BCUT2D eigenvalue weighted by Crippen LogP contribution is 2.60. The largest absolute Gasteiger partial charge is 0.309 e. The van der Waals surface area contributed by atoms with Gasteiger partial charge in [0.2, 0.25) is 0 Å². The second-order valence-corrected chi connectivity index (χ2v) is 15.4. The average Bonchev–Trinajstić information content (AvgIpc) is 3.79. The van der Waals surface area contributed by atoms with Gasteiger partial charge in [-0.15, -0.1) is 11.3 Å². The monoisotopic (exact) mass is 717 g/mol. The average molecular weight is 718 g/mol. The van der Waals surface area contributed by atoms with E-state index >= 15 is 0 Å². The second kappa shape index (κ2) is 12.7. The van der Waals surface area contributed by atoms with E-state index in [1.165, 1.54) is 75.5 Å². The summed E-state index contributed by atoms with van der Waals surface area (Å²) in [6, 6.07) is 78.3. The SMILES string of the molecule is c1ccc(C2(c3ccccc3)c3ccccc3-c3c(N(c4ccccc4-c4cccc5c4sc4ccccc45)c4cccc5ccccc45)cccc32)cc1. The fourth-order valence-electron chi connectivity index (χ4n) is 9.31. The van der Waals surface area contributed by atoms with E-state index in [0.717, 1.165) is 17.1 Å². The molecule has 11 rings (SSSR count). The Labute approximate surface area is 325 Å². The molecule has 0 saturated heterocycles. The molecule has 0 saturated carbocycles. The van der Waals surface area contributed by atoms with Crippen LogP contribution < -0.4 is 4.90 Å². The second-order valence-electron chi connectivity index (χ2n) is 14.4. The van der Waals surface area contributed by atoms with Gasteiger partial charge in [-0.05, 0) is 57.5 Å². The van der Waals surface area contributed by atoms with Crippen molar-refractivity contribution < 1.29 is 0 Å². The predicted octanol–water partition coefficient (Wildman–Crippen LogP) is 14.7. The van der Waals surface area contributed by atoms with Gasteiger partial charge in [0.1, 0.15) is 0 Å². The van der Waals surface area contributed by atoms with Crippen LogP contribution in [-0.4, -0.2) is 0 Å². The van der Waals surface area contributed by atoms with Gasteiger partial charge in [0, 0.05) is 42.2 Å². The number of para-hydroxylation sites is 1. The lowest BCUT2D eigenvalue weighted by Crippen LogP contribution is -2.28. The first-order valence-electron chi connectivity index (χ1n) is 18.9. The number of fused-ring (bicyclic) bond motifs is 7. The maximum Gasteiger partial charge on any atom is 0.0714 e. The molecule has 9 aromatic carbocycles. The topological polar surface area (TPSA) is 3.24 Å². The Kier molecular flexibility index (Phi) is 7.33. The van der Waals surface area contributed by atoms with E-state index in [1.54, 1.807) is 0 Å². The van der Waals surface area contributed by atoms with Crippen molar-refractivity contribution >= 4 is 59.3 Å². The summed E-state index contributed by atoms with van der Waals surface area (Å²) in [6.45, 7) is 0. The summed E-state index contributed by atoms with van der Waals surface area (Å²) in [4.78, 5) is 2.55. The standard InChI is InChI=1S/C53H35NS/c1-3-20-37(21-4-1)53(38-22-5-2-6-23-38)45-30-12-9-27-44(45)51-46(53)31-17-34-49(51)54(47-33-15-19-36-18-7-8-24-39(36)47)48-32-13-10-25-40(48)42-28-16-29-43-41-26-11-14-35-50(41)55-52(42)43/h1-35H. The minimum absolute atomic E-state index is 0.503. The van der Waals surface area contributed by atoms with Crippen LogP contribution in [0.15, 0.2) is 212 Å². The minimum atomic E-state index is -0.503. The fraction of sp³-hybridized carbons (Fsp3) is 0.0189. The molecule has 0 unspecified atom stereocenters. The third kappa shape index (κ3) is 4.72. The van der Waals surface area contributed by atoms with Crippen LogP contribution in [0.5, 0.6) is 0 Å². The van der Waals surface area contributed by atoms with Crippen molar-refractivity contribution in [2.24, 2.45) is 0 Å². The van der Waals surface area contributed by atoms with Gasteiger partial charge in [-0.2, -0.15) is 0 Å². The molecule has 0 atom stereocenters. The lowest BCUT2D eigenvalue weighted by molar-refractivity contribution is 0.768. The van der Waals surface area contributed by atoms with Gasteiger partial charge in [0.15, 0.2) is 0 Å². The molecule has 0 bridgehead atoms. The number of thiophene rings is 1. The summed E-state index contributed by atoms with van der Waals surface area (Å²) < 4.78 is 2.62. The van der Waals surface area contributed by atoms with Crippen LogP contribution in [0.2, 0.25) is 0 Å². The smallest absolute Gasteiger partial charge is 0.0714 e. The highest BCUT2D eigenvalue weighted by Gasteiger charge is 2.47. The molecule has 0 spiro atoms. The number of hydrogen-bond acceptors (Lipinski definition) is 2. The van der Waals surface area contributed by atoms with Crippen molar-refractivity contribution in [1.82, 2.24) is 0 Å². The van der Waals surface area contributed by atoms with Crippen LogP contribution in [-0.2, 0) is 5.41 Å². The molecule has 258 valence electrons. The van der Waals surface area contributed by atoms with E-state index in [2.05, 4.69) is 217 Å². The summed E-state index contributed by atoms with van der Waals surface area (Å²) in [5.74, 6) is 0. The Morgan fingerprint density at radius 1 is 0.345 bits per heavy atom. The van der Waals surface area contributed by atoms with Crippen LogP contribution in [0.3, 0.4) is 0 Å². The Balaban J connectivity index is 1.26. The molecule has 0 aliphatic heterocycles. The van der Waals surface area contributed by atoms with Gasteiger partial charge in [-0.25, -0.2) is 0 Å². The number of benzene rings is 9. The summed E-state index contributed by atoms with van der Waals surface area (Å²) in [5, 5.41) is 5.03. The molecule has 1 aliphatic rings. The van der Waals surface area contributed by atoms with Gasteiger partial charge in [0.05, 0.1) is 22.5 Å². The van der Waals surface area contributed by atoms with E-state index in [1.807, 2.05) is 11.3 Å². The predicted molar refractivity (Wildman–Crippen MR) is 234 cm³/mol. The molecule has 1 aromatic heterocycles. The number of rotatable bonds is 6. The third-order valence-corrected chi connectivity index (χ3v) is 12.8. The number of anilines is 3. The third-order valence-electron chi connectivity index (χ3n) is 11.5. The Morgan fingerprint density at radius 2 is 0.873 bits per heavy atom. The Morgan fingerprint density at radius 3 is 1.69 bits per heavy atom. The Hall–Kier alpha value is -6.74. The van der Waals surface area contributed by atoms with Crippen molar-refractivity contribution in [2.75, 3.05) is 4.90 Å². The van der Waals surface area contributed by atoms with E-state index in [0.29, 0.717) is 0 Å². The molecule has 0 fully saturated rings. The van der Waals surface area contributed by atoms with E-state index in [9.17, 15) is 0 Å². The number of nitrogens with zero attached hydrogens (tertiary/aromatic N) is 1. The van der Waals surface area contributed by atoms with E-state index in [4.69, 9.17) is 0 Å². The summed E-state index contributed by atoms with van der Waals surface area (Å²) in [6.07, 6.45) is 0. The first-order chi connectivity index (χ1) is 27.3. The summed E-state index contributed by atoms with van der Waals surface area (Å²) >= 11 is 1.88. The Bertz CT molecular complexity index is 3000. The molecule has 1 nitrogen and oxygen atoms in total. The van der Waals surface area contributed by atoms with Crippen LogP contribution in [0.4, 0.5) is 17.1 Å². The first kappa shape index (κ1) is 31.8. The lowest BCUT2D eigenvalue weighted by Gasteiger charge is -2.35. The lowest BCUT2D eigenvalue weighted by atomic mass is 9.68. The highest BCUT2D eigenvalue weighted by atomic mass is 32.1. The maximum absolute atomic E-state index is 2.55. The summed E-state index contributed by atoms with van der Waals surface area (Å²) in [5.41, 5.74) is 13.0. The molecular formula is C53H35NS. The first-order valence-corrected chi connectivity index (χ1v) is 19.8. The zero-order valence-electron chi connectivity index (χ0n) is 30.1. The summed E-state index contributed by atoms with van der Waals surface area (Å²) in [7, 11) is 0. The highest BCUT2D eigenvalue weighted by molar-refractivity contribution is 7.26. The molecular weight excluding hydrogens is 683 g/mol. The molecule has 0 amide bonds. The normalized spacial score (nSPS) is 12.9. The molecule has 10 aromatic rings. The minimum Gasteiger partial charge on any atom is -0.309 e. The van der Waals surface area contributed by atoms with Crippen LogP contribution in [0.25, 0.3) is 53.2 Å².